The van der Waals surface area contributed by atoms with E-state index in [1.807, 2.05) is 0 Å². The molecule has 1 aliphatic carbocycles. The molecule has 0 spiro atoms. The molecule has 0 aliphatic heterocycles. The number of hydrogen-bond acceptors (Lipinski definition) is 6. The van der Waals surface area contributed by atoms with Crippen molar-refractivity contribution in [3.63, 3.8) is 0 Å². The number of imidazole rings is 1. The number of anilines is 2. The third-order valence-electron chi connectivity index (χ3n) is 6.80. The van der Waals surface area contributed by atoms with Crippen LogP contribution in [-0.4, -0.2) is 65.3 Å². The Bertz CT molecular complexity index is 1350. The minimum atomic E-state index is -2.62. The Morgan fingerprint density at radius 2 is 1.93 bits per heavy atom. The van der Waals surface area contributed by atoms with E-state index in [2.05, 4.69) is 37.5 Å². The molecule has 2 aromatic rings. The van der Waals surface area contributed by atoms with Crippen LogP contribution in [0, 0.1) is 5.41 Å². The van der Waals surface area contributed by atoms with Gasteiger partial charge in [0.15, 0.2) is 5.65 Å². The number of hydrogen-bond donors (Lipinski definition) is 4. The van der Waals surface area contributed by atoms with E-state index in [9.17, 15) is 18.4 Å². The van der Waals surface area contributed by atoms with E-state index in [4.69, 9.17) is 23.2 Å². The first-order valence-electron chi connectivity index (χ1n) is 13.9. The van der Waals surface area contributed by atoms with Crippen molar-refractivity contribution >= 4 is 57.9 Å². The van der Waals surface area contributed by atoms with Gasteiger partial charge in [-0.05, 0) is 24.5 Å². The van der Waals surface area contributed by atoms with Crippen molar-refractivity contribution in [2.24, 2.45) is 5.41 Å². The minimum Gasteiger partial charge on any atom is -0.353 e. The maximum Gasteiger partial charge on any atom is 0.255 e. The first-order valence-corrected chi connectivity index (χ1v) is 14.8. The standard InChI is InChI=1S/C29H39Cl2F2N7O2/c1-6-10-17(15-34-27(42)29(2,3)4)23(31)21(14-30)37-28-36-20-13-19(26(41)35-18-11-8-7-9-12-18)25(38-24(20)39-28)40(5)16-22(32)33/h6,10,13,18,22H,1,7-9,11-12,14-16H2,2-5H3,(H,34,42)(H,35,41)(H2,36,37,38,39)/b17-10-,23-21-. The first kappa shape index (κ1) is 33.3. The number of aromatic nitrogens is 3. The van der Waals surface area contributed by atoms with Crippen LogP contribution in [0.1, 0.15) is 63.2 Å². The Morgan fingerprint density at radius 3 is 2.52 bits per heavy atom. The zero-order valence-electron chi connectivity index (χ0n) is 24.4. The van der Waals surface area contributed by atoms with Gasteiger partial charge in [0.1, 0.15) is 11.3 Å². The van der Waals surface area contributed by atoms with Crippen LogP contribution in [0.2, 0.25) is 0 Å². The van der Waals surface area contributed by atoms with Gasteiger partial charge >= 0.3 is 0 Å². The molecule has 2 heterocycles. The van der Waals surface area contributed by atoms with E-state index in [0.717, 1.165) is 32.1 Å². The highest BCUT2D eigenvalue weighted by molar-refractivity contribution is 6.33. The molecule has 1 fully saturated rings. The van der Waals surface area contributed by atoms with Crippen molar-refractivity contribution in [3.05, 3.63) is 46.7 Å². The summed E-state index contributed by atoms with van der Waals surface area (Å²) in [6.07, 6.45) is 5.53. The summed E-state index contributed by atoms with van der Waals surface area (Å²) >= 11 is 12.9. The second-order valence-electron chi connectivity index (χ2n) is 11.3. The number of fused-ring (bicyclic) bond motifs is 1. The molecule has 3 rings (SSSR count). The molecular weight excluding hydrogens is 587 g/mol. The van der Waals surface area contributed by atoms with Gasteiger partial charge in [0.25, 0.3) is 12.3 Å². The van der Waals surface area contributed by atoms with E-state index in [0.29, 0.717) is 16.8 Å². The monoisotopic (exact) mass is 625 g/mol. The van der Waals surface area contributed by atoms with Crippen molar-refractivity contribution in [3.8, 4) is 0 Å². The molecule has 0 aromatic carbocycles. The molecule has 2 aromatic heterocycles. The van der Waals surface area contributed by atoms with Crippen molar-refractivity contribution in [1.82, 2.24) is 25.6 Å². The van der Waals surface area contributed by atoms with Gasteiger partial charge in [0.2, 0.25) is 11.9 Å². The van der Waals surface area contributed by atoms with Gasteiger partial charge in [0, 0.05) is 25.0 Å². The van der Waals surface area contributed by atoms with Crippen LogP contribution in [-0.2, 0) is 4.79 Å². The molecule has 0 atom stereocenters. The van der Waals surface area contributed by atoms with Gasteiger partial charge in [-0.2, -0.15) is 0 Å². The van der Waals surface area contributed by atoms with E-state index in [1.165, 1.54) is 18.0 Å². The fourth-order valence-corrected chi connectivity index (χ4v) is 5.04. The van der Waals surface area contributed by atoms with E-state index in [-0.39, 0.29) is 58.3 Å². The average molecular weight is 627 g/mol. The van der Waals surface area contributed by atoms with Crippen LogP contribution in [0.5, 0.6) is 0 Å². The van der Waals surface area contributed by atoms with Gasteiger partial charge < -0.3 is 25.8 Å². The molecule has 4 N–H and O–H groups in total. The predicted molar refractivity (Wildman–Crippen MR) is 165 cm³/mol. The number of amides is 2. The van der Waals surface area contributed by atoms with Crippen molar-refractivity contribution in [1.29, 1.82) is 0 Å². The number of alkyl halides is 3. The molecule has 9 nitrogen and oxygen atoms in total. The summed E-state index contributed by atoms with van der Waals surface area (Å²) in [4.78, 5) is 39.0. The number of nitrogens with zero attached hydrogens (tertiary/aromatic N) is 3. The molecule has 0 unspecified atom stereocenters. The van der Waals surface area contributed by atoms with Gasteiger partial charge in [0.05, 0.1) is 28.7 Å². The lowest BCUT2D eigenvalue weighted by Gasteiger charge is -2.25. The van der Waals surface area contributed by atoms with Gasteiger partial charge in [-0.25, -0.2) is 18.7 Å². The Kier molecular flexibility index (Phi) is 11.8. The number of nitrogens with one attached hydrogen (secondary N) is 4. The van der Waals surface area contributed by atoms with E-state index in [1.54, 1.807) is 32.9 Å². The predicted octanol–water partition coefficient (Wildman–Crippen LogP) is 6.10. The van der Waals surface area contributed by atoms with E-state index >= 15 is 0 Å². The smallest absolute Gasteiger partial charge is 0.255 e. The fraction of sp³-hybridized carbons (Fsp3) is 0.517. The fourth-order valence-electron chi connectivity index (χ4n) is 4.53. The van der Waals surface area contributed by atoms with Gasteiger partial charge in [-0.3, -0.25) is 9.59 Å². The Morgan fingerprint density at radius 1 is 1.24 bits per heavy atom. The molecule has 0 bridgehead atoms. The maximum atomic E-state index is 13.3. The SMILES string of the molecule is C=C/C=C(CNC(=O)C(C)(C)C)\C(Cl)=C(/CCl)Nc1nc2cc(C(=O)NC3CCCCC3)c(N(C)CC(F)F)nc2[nH]1. The highest BCUT2D eigenvalue weighted by Crippen LogP contribution is 2.27. The van der Waals surface area contributed by atoms with Crippen LogP contribution in [0.3, 0.4) is 0 Å². The normalized spacial score (nSPS) is 15.4. The average Bonchev–Trinajstić information content (AvgIpc) is 3.33. The molecule has 230 valence electrons. The molecule has 0 radical (unpaired) electrons. The number of carbonyl (C=O) groups excluding carboxylic acids is 2. The lowest BCUT2D eigenvalue weighted by Crippen LogP contribution is -2.37. The Balaban J connectivity index is 1.93. The molecular formula is C29H39Cl2F2N7O2. The number of aromatic amines is 1. The van der Waals surface area contributed by atoms with Crippen LogP contribution in [0.4, 0.5) is 20.5 Å². The van der Waals surface area contributed by atoms with Crippen LogP contribution in [0.25, 0.3) is 11.2 Å². The molecule has 0 saturated heterocycles. The number of carbonyl (C=O) groups is 2. The zero-order valence-corrected chi connectivity index (χ0v) is 25.9. The number of H-pyrrole nitrogens is 1. The minimum absolute atomic E-state index is 0.0242. The second-order valence-corrected chi connectivity index (χ2v) is 11.9. The lowest BCUT2D eigenvalue weighted by atomic mass is 9.95. The van der Waals surface area contributed by atoms with Crippen molar-refractivity contribution < 1.29 is 18.4 Å². The zero-order chi connectivity index (χ0) is 31.0. The Hall–Kier alpha value is -3.18. The topological polar surface area (TPSA) is 115 Å². The van der Waals surface area contributed by atoms with Crippen LogP contribution >= 0.6 is 23.2 Å². The number of rotatable bonds is 12. The summed E-state index contributed by atoms with van der Waals surface area (Å²) in [6, 6.07) is 1.56. The Labute approximate surface area is 255 Å². The third kappa shape index (κ3) is 8.91. The van der Waals surface area contributed by atoms with Crippen molar-refractivity contribution in [2.75, 3.05) is 36.2 Å². The molecule has 1 saturated carbocycles. The third-order valence-corrected chi connectivity index (χ3v) is 7.54. The molecule has 42 heavy (non-hydrogen) atoms. The molecule has 2 amide bonds. The maximum absolute atomic E-state index is 13.3. The number of halogens is 4. The number of allylic oxidation sites excluding steroid dienone is 3. The van der Waals surface area contributed by atoms with E-state index < -0.39 is 18.4 Å². The summed E-state index contributed by atoms with van der Waals surface area (Å²) in [7, 11) is 1.47. The molecule has 13 heteroatoms. The first-order chi connectivity index (χ1) is 19.8. The summed E-state index contributed by atoms with van der Waals surface area (Å²) < 4.78 is 26.5. The highest BCUT2D eigenvalue weighted by Gasteiger charge is 2.25. The van der Waals surface area contributed by atoms with Gasteiger partial charge in [-0.1, -0.05) is 70.4 Å². The quantitative estimate of drug-likeness (QED) is 0.167. The second kappa shape index (κ2) is 14.8. The highest BCUT2D eigenvalue weighted by atomic mass is 35.5. The van der Waals surface area contributed by atoms with Crippen LogP contribution < -0.4 is 20.9 Å². The van der Waals surface area contributed by atoms with Crippen molar-refractivity contribution in [2.45, 2.75) is 65.3 Å². The summed E-state index contributed by atoms with van der Waals surface area (Å²) in [5, 5.41) is 9.21. The molecule has 1 aliphatic rings. The summed E-state index contributed by atoms with van der Waals surface area (Å²) in [6.45, 7) is 8.68. The summed E-state index contributed by atoms with van der Waals surface area (Å²) in [5.41, 5.74) is 1.17. The largest absolute Gasteiger partial charge is 0.353 e. The number of pyridine rings is 1. The summed E-state index contributed by atoms with van der Waals surface area (Å²) in [5.74, 6) is -0.214. The van der Waals surface area contributed by atoms with Gasteiger partial charge in [-0.15, -0.1) is 11.6 Å². The van der Waals surface area contributed by atoms with Crippen LogP contribution in [0.15, 0.2) is 41.1 Å². The lowest BCUT2D eigenvalue weighted by molar-refractivity contribution is -0.128.